The van der Waals surface area contributed by atoms with Gasteiger partial charge in [-0.3, -0.25) is 4.79 Å². The lowest BCUT2D eigenvalue weighted by Gasteiger charge is -2.23. The molecule has 0 saturated carbocycles. The van der Waals surface area contributed by atoms with Gasteiger partial charge >= 0.3 is 0 Å². The van der Waals surface area contributed by atoms with Crippen LogP contribution in [-0.4, -0.2) is 27.0 Å². The number of carbonyl (C=O) groups excluding carboxylic acids is 1. The SMILES string of the molecule is CC1Oc2cc(S(=O)(=O)NCCc3ccccc3)ccc2NC1=O. The van der Waals surface area contributed by atoms with Crippen molar-refractivity contribution in [3.05, 3.63) is 54.1 Å². The van der Waals surface area contributed by atoms with Gasteiger partial charge in [0.1, 0.15) is 5.75 Å². The molecule has 2 aromatic rings. The maximum atomic E-state index is 12.4. The Hall–Kier alpha value is -2.38. The molecule has 0 bridgehead atoms. The van der Waals surface area contributed by atoms with Gasteiger partial charge in [-0.25, -0.2) is 13.1 Å². The maximum Gasteiger partial charge on any atom is 0.265 e. The first kappa shape index (κ1) is 16.5. The van der Waals surface area contributed by atoms with E-state index in [2.05, 4.69) is 10.0 Å². The molecule has 0 spiro atoms. The number of rotatable bonds is 5. The zero-order valence-corrected chi connectivity index (χ0v) is 14.0. The molecule has 7 heteroatoms. The topological polar surface area (TPSA) is 84.5 Å². The molecule has 3 rings (SSSR count). The van der Waals surface area contributed by atoms with Crippen LogP contribution in [0.1, 0.15) is 12.5 Å². The molecule has 0 aromatic heterocycles. The highest BCUT2D eigenvalue weighted by atomic mass is 32.2. The number of benzene rings is 2. The number of ether oxygens (including phenoxy) is 1. The van der Waals surface area contributed by atoms with E-state index in [0.717, 1.165) is 5.56 Å². The fourth-order valence-electron chi connectivity index (χ4n) is 2.41. The second-order valence-corrected chi connectivity index (χ2v) is 7.31. The zero-order valence-electron chi connectivity index (χ0n) is 13.2. The van der Waals surface area contributed by atoms with Crippen molar-refractivity contribution in [2.24, 2.45) is 0 Å². The molecule has 0 fully saturated rings. The number of fused-ring (bicyclic) bond motifs is 1. The van der Waals surface area contributed by atoms with Crippen LogP contribution in [0.25, 0.3) is 0 Å². The predicted molar refractivity (Wildman–Crippen MR) is 90.5 cm³/mol. The number of nitrogens with one attached hydrogen (secondary N) is 2. The second kappa shape index (κ2) is 6.62. The molecule has 0 aliphatic carbocycles. The molecular weight excluding hydrogens is 328 g/mol. The third kappa shape index (κ3) is 3.58. The third-order valence-electron chi connectivity index (χ3n) is 3.74. The van der Waals surface area contributed by atoms with Crippen LogP contribution in [0, 0.1) is 0 Å². The summed E-state index contributed by atoms with van der Waals surface area (Å²) < 4.78 is 32.8. The first-order valence-electron chi connectivity index (χ1n) is 7.61. The van der Waals surface area contributed by atoms with Crippen molar-refractivity contribution in [3.8, 4) is 5.75 Å². The number of amides is 1. The summed E-state index contributed by atoms with van der Waals surface area (Å²) >= 11 is 0. The molecule has 0 radical (unpaired) electrons. The highest BCUT2D eigenvalue weighted by Crippen LogP contribution is 2.31. The Morgan fingerprint density at radius 1 is 1.17 bits per heavy atom. The second-order valence-electron chi connectivity index (χ2n) is 5.54. The van der Waals surface area contributed by atoms with Crippen LogP contribution >= 0.6 is 0 Å². The van der Waals surface area contributed by atoms with Gasteiger partial charge in [0.2, 0.25) is 10.0 Å². The van der Waals surface area contributed by atoms with E-state index >= 15 is 0 Å². The van der Waals surface area contributed by atoms with Gasteiger partial charge in [-0.05, 0) is 31.0 Å². The highest BCUT2D eigenvalue weighted by Gasteiger charge is 2.25. The summed E-state index contributed by atoms with van der Waals surface area (Å²) in [6, 6.07) is 14.1. The molecule has 1 aliphatic rings. The first-order chi connectivity index (χ1) is 11.5. The van der Waals surface area contributed by atoms with E-state index in [-0.39, 0.29) is 10.8 Å². The van der Waals surface area contributed by atoms with Gasteiger partial charge in [-0.2, -0.15) is 0 Å². The van der Waals surface area contributed by atoms with Crippen molar-refractivity contribution in [3.63, 3.8) is 0 Å². The van der Waals surface area contributed by atoms with Crippen LogP contribution in [0.4, 0.5) is 5.69 Å². The van der Waals surface area contributed by atoms with Crippen molar-refractivity contribution in [2.45, 2.75) is 24.3 Å². The largest absolute Gasteiger partial charge is 0.479 e. The lowest BCUT2D eigenvalue weighted by Crippen LogP contribution is -2.34. The minimum Gasteiger partial charge on any atom is -0.479 e. The van der Waals surface area contributed by atoms with Crippen LogP contribution < -0.4 is 14.8 Å². The molecule has 6 nitrogen and oxygen atoms in total. The molecule has 1 unspecified atom stereocenters. The Morgan fingerprint density at radius 2 is 1.92 bits per heavy atom. The molecule has 126 valence electrons. The Morgan fingerprint density at radius 3 is 2.67 bits per heavy atom. The normalized spacial score (nSPS) is 16.9. The van der Waals surface area contributed by atoms with E-state index in [0.29, 0.717) is 24.4 Å². The summed E-state index contributed by atoms with van der Waals surface area (Å²) in [5, 5.41) is 2.67. The molecule has 1 atom stereocenters. The van der Waals surface area contributed by atoms with Crippen LogP contribution in [-0.2, 0) is 21.2 Å². The minimum absolute atomic E-state index is 0.109. The Balaban J connectivity index is 1.71. The van der Waals surface area contributed by atoms with E-state index < -0.39 is 16.1 Å². The minimum atomic E-state index is -3.64. The van der Waals surface area contributed by atoms with E-state index in [1.165, 1.54) is 18.2 Å². The van der Waals surface area contributed by atoms with E-state index in [1.54, 1.807) is 6.92 Å². The third-order valence-corrected chi connectivity index (χ3v) is 5.20. The predicted octanol–water partition coefficient (Wildman–Crippen LogP) is 1.93. The van der Waals surface area contributed by atoms with Crippen molar-refractivity contribution >= 4 is 21.6 Å². The monoisotopic (exact) mass is 346 g/mol. The van der Waals surface area contributed by atoms with Crippen molar-refractivity contribution in [1.82, 2.24) is 4.72 Å². The zero-order chi connectivity index (χ0) is 17.2. The lowest BCUT2D eigenvalue weighted by molar-refractivity contribution is -0.122. The van der Waals surface area contributed by atoms with Gasteiger partial charge in [-0.1, -0.05) is 30.3 Å². The van der Waals surface area contributed by atoms with Crippen LogP contribution in [0.15, 0.2) is 53.4 Å². The van der Waals surface area contributed by atoms with E-state index in [1.807, 2.05) is 30.3 Å². The van der Waals surface area contributed by atoms with Gasteiger partial charge in [-0.15, -0.1) is 0 Å². The van der Waals surface area contributed by atoms with Gasteiger partial charge < -0.3 is 10.1 Å². The summed E-state index contributed by atoms with van der Waals surface area (Å²) in [4.78, 5) is 11.7. The fourth-order valence-corrected chi connectivity index (χ4v) is 3.45. The van der Waals surface area contributed by atoms with Crippen molar-refractivity contribution < 1.29 is 17.9 Å². The summed E-state index contributed by atoms with van der Waals surface area (Å²) in [5.41, 5.74) is 1.53. The van der Waals surface area contributed by atoms with Gasteiger partial charge in [0.25, 0.3) is 5.91 Å². The number of hydrogen-bond acceptors (Lipinski definition) is 4. The molecule has 1 amide bonds. The number of anilines is 1. The molecule has 0 saturated heterocycles. The van der Waals surface area contributed by atoms with Gasteiger partial charge in [0.15, 0.2) is 6.10 Å². The summed E-state index contributed by atoms with van der Waals surface area (Å²) in [6.07, 6.45) is -0.0456. The average molecular weight is 346 g/mol. The molecule has 1 aliphatic heterocycles. The quantitative estimate of drug-likeness (QED) is 0.866. The highest BCUT2D eigenvalue weighted by molar-refractivity contribution is 7.89. The maximum absolute atomic E-state index is 12.4. The van der Waals surface area contributed by atoms with Crippen LogP contribution in [0.3, 0.4) is 0 Å². The first-order valence-corrected chi connectivity index (χ1v) is 9.09. The molecule has 2 N–H and O–H groups in total. The standard InChI is InChI=1S/C17H18N2O4S/c1-12-17(20)19-15-8-7-14(11-16(15)23-12)24(21,22)18-10-9-13-5-3-2-4-6-13/h2-8,11-12,18H,9-10H2,1H3,(H,19,20). The van der Waals surface area contributed by atoms with E-state index in [9.17, 15) is 13.2 Å². The fraction of sp³-hybridized carbons (Fsp3) is 0.235. The molecule has 1 heterocycles. The van der Waals surface area contributed by atoms with Gasteiger partial charge in [0, 0.05) is 12.6 Å². The van der Waals surface area contributed by atoms with Crippen molar-refractivity contribution in [1.29, 1.82) is 0 Å². The molecular formula is C17H18N2O4S. The average Bonchev–Trinajstić information content (AvgIpc) is 2.56. The Labute approximate surface area is 140 Å². The van der Waals surface area contributed by atoms with Crippen LogP contribution in [0.2, 0.25) is 0 Å². The Bertz CT molecular complexity index is 850. The summed E-state index contributed by atoms with van der Waals surface area (Å²) in [7, 11) is -3.64. The summed E-state index contributed by atoms with van der Waals surface area (Å²) in [5.74, 6) is 0.104. The number of hydrogen-bond donors (Lipinski definition) is 2. The van der Waals surface area contributed by atoms with Crippen LogP contribution in [0.5, 0.6) is 5.75 Å². The Kier molecular flexibility index (Phi) is 4.55. The lowest BCUT2D eigenvalue weighted by atomic mass is 10.2. The summed E-state index contributed by atoms with van der Waals surface area (Å²) in [6.45, 7) is 1.91. The molecule has 2 aromatic carbocycles. The number of sulfonamides is 1. The van der Waals surface area contributed by atoms with Gasteiger partial charge in [0.05, 0.1) is 10.6 Å². The smallest absolute Gasteiger partial charge is 0.265 e. The van der Waals surface area contributed by atoms with E-state index in [4.69, 9.17) is 4.74 Å². The number of carbonyl (C=O) groups is 1. The molecule has 24 heavy (non-hydrogen) atoms. The van der Waals surface area contributed by atoms with Crippen molar-refractivity contribution in [2.75, 3.05) is 11.9 Å².